The minimum atomic E-state index is -0.743. The van der Waals surface area contributed by atoms with Crippen LogP contribution < -0.4 is 0 Å². The van der Waals surface area contributed by atoms with E-state index < -0.39 is 5.97 Å². The van der Waals surface area contributed by atoms with Crippen molar-refractivity contribution in [3.05, 3.63) is 0 Å². The van der Waals surface area contributed by atoms with Crippen LogP contribution in [0.15, 0.2) is 0 Å². The molecular weight excluding hydrogens is 266 g/mol. The van der Waals surface area contributed by atoms with Crippen molar-refractivity contribution in [3.63, 3.8) is 0 Å². The molecule has 0 spiro atoms. The quantitative estimate of drug-likeness (QED) is 0.846. The van der Waals surface area contributed by atoms with Crippen LogP contribution in [0.25, 0.3) is 0 Å². The van der Waals surface area contributed by atoms with E-state index in [4.69, 9.17) is 5.11 Å². The van der Waals surface area contributed by atoms with Gasteiger partial charge in [0, 0.05) is 24.9 Å². The third-order valence-corrected chi connectivity index (χ3v) is 5.08. The first-order chi connectivity index (χ1) is 9.93. The van der Waals surface area contributed by atoms with Crippen LogP contribution in [0.1, 0.15) is 65.2 Å². The predicted molar refractivity (Wildman–Crippen MR) is 81.9 cm³/mol. The van der Waals surface area contributed by atoms with E-state index in [1.165, 1.54) is 0 Å². The second-order valence-electron chi connectivity index (χ2n) is 7.44. The summed E-state index contributed by atoms with van der Waals surface area (Å²) in [6.07, 6.45) is 7.41. The Kier molecular flexibility index (Phi) is 5.28. The molecule has 1 amide bonds. The monoisotopic (exact) mass is 295 g/mol. The average Bonchev–Trinajstić information content (AvgIpc) is 2.86. The normalized spacial score (nSPS) is 25.3. The van der Waals surface area contributed by atoms with E-state index in [0.29, 0.717) is 18.4 Å². The number of nitrogens with zero attached hydrogens (tertiary/aromatic N) is 1. The number of hydrogen-bond acceptors (Lipinski definition) is 2. The molecule has 1 heterocycles. The van der Waals surface area contributed by atoms with Crippen LogP contribution >= 0.6 is 0 Å². The molecule has 4 nitrogen and oxygen atoms in total. The molecule has 0 aromatic heterocycles. The van der Waals surface area contributed by atoms with Gasteiger partial charge in [0.05, 0.1) is 0 Å². The van der Waals surface area contributed by atoms with Gasteiger partial charge >= 0.3 is 5.97 Å². The summed E-state index contributed by atoms with van der Waals surface area (Å²) in [5.41, 5.74) is -0.153. The zero-order valence-corrected chi connectivity index (χ0v) is 13.4. The third-order valence-electron chi connectivity index (χ3n) is 5.08. The standard InChI is InChI=1S/C17H29NO3/c1-13(2)11-17(7-3-4-8-17)16(21)18-9-5-6-14(12-18)10-15(19)20/h13-14H,3-12H2,1-2H3,(H,19,20). The molecule has 1 atom stereocenters. The first-order valence-electron chi connectivity index (χ1n) is 8.44. The lowest BCUT2D eigenvalue weighted by atomic mass is 9.76. The largest absolute Gasteiger partial charge is 0.481 e. The molecule has 120 valence electrons. The summed E-state index contributed by atoms with van der Waals surface area (Å²) >= 11 is 0. The predicted octanol–water partition coefficient (Wildman–Crippen LogP) is 3.31. The number of aliphatic carboxylic acids is 1. The molecule has 1 saturated carbocycles. The van der Waals surface area contributed by atoms with E-state index in [1.54, 1.807) is 0 Å². The maximum absolute atomic E-state index is 13.1. The summed E-state index contributed by atoms with van der Waals surface area (Å²) in [5, 5.41) is 8.97. The number of carbonyl (C=O) groups is 2. The average molecular weight is 295 g/mol. The van der Waals surface area contributed by atoms with Gasteiger partial charge in [-0.3, -0.25) is 9.59 Å². The zero-order valence-electron chi connectivity index (χ0n) is 13.4. The highest BCUT2D eigenvalue weighted by molar-refractivity contribution is 5.83. The molecule has 0 bridgehead atoms. The van der Waals surface area contributed by atoms with E-state index in [0.717, 1.165) is 51.5 Å². The lowest BCUT2D eigenvalue weighted by molar-refractivity contribution is -0.147. The Labute approximate surface area is 127 Å². The van der Waals surface area contributed by atoms with Crippen LogP contribution in [-0.4, -0.2) is 35.0 Å². The molecule has 0 radical (unpaired) electrons. The molecule has 0 aromatic carbocycles. The summed E-state index contributed by atoms with van der Waals surface area (Å²) in [6, 6.07) is 0. The molecule has 2 aliphatic rings. The maximum Gasteiger partial charge on any atom is 0.303 e. The molecule has 2 rings (SSSR count). The van der Waals surface area contributed by atoms with E-state index >= 15 is 0 Å². The smallest absolute Gasteiger partial charge is 0.303 e. The van der Waals surface area contributed by atoms with Gasteiger partial charge in [-0.1, -0.05) is 26.7 Å². The van der Waals surface area contributed by atoms with Gasteiger partial charge in [0.25, 0.3) is 0 Å². The number of rotatable bonds is 5. The van der Waals surface area contributed by atoms with Gasteiger partial charge in [0.2, 0.25) is 5.91 Å². The second-order valence-corrected chi connectivity index (χ2v) is 7.44. The number of carboxylic acid groups (broad SMARTS) is 1. The number of amides is 1. The van der Waals surface area contributed by atoms with E-state index in [1.807, 2.05) is 4.90 Å². The Bertz CT molecular complexity index is 385. The summed E-state index contributed by atoms with van der Waals surface area (Å²) in [5.74, 6) is 0.236. The molecule has 1 aliphatic heterocycles. The van der Waals surface area contributed by atoms with Crippen LogP contribution in [0.2, 0.25) is 0 Å². The Hall–Kier alpha value is -1.06. The Morgan fingerprint density at radius 3 is 2.48 bits per heavy atom. The zero-order chi connectivity index (χ0) is 15.5. The molecule has 2 fully saturated rings. The van der Waals surface area contributed by atoms with Crippen molar-refractivity contribution in [2.75, 3.05) is 13.1 Å². The van der Waals surface area contributed by atoms with Gasteiger partial charge in [0.15, 0.2) is 0 Å². The van der Waals surface area contributed by atoms with Crippen LogP contribution in [0, 0.1) is 17.3 Å². The number of carboxylic acids is 1. The third kappa shape index (κ3) is 3.98. The second kappa shape index (κ2) is 6.80. The van der Waals surface area contributed by atoms with Crippen LogP contribution in [0.4, 0.5) is 0 Å². The highest BCUT2D eigenvalue weighted by atomic mass is 16.4. The number of carbonyl (C=O) groups excluding carboxylic acids is 1. The van der Waals surface area contributed by atoms with Gasteiger partial charge in [0.1, 0.15) is 0 Å². The van der Waals surface area contributed by atoms with Gasteiger partial charge in [-0.05, 0) is 43.9 Å². The topological polar surface area (TPSA) is 57.6 Å². The van der Waals surface area contributed by atoms with Crippen molar-refractivity contribution in [2.24, 2.45) is 17.3 Å². The SMILES string of the molecule is CC(C)CC1(C(=O)N2CCCC(CC(=O)O)C2)CCCC1. The Morgan fingerprint density at radius 1 is 1.24 bits per heavy atom. The molecule has 1 unspecified atom stereocenters. The molecular formula is C17H29NO3. The van der Waals surface area contributed by atoms with Crippen molar-refractivity contribution >= 4 is 11.9 Å². The van der Waals surface area contributed by atoms with E-state index in [9.17, 15) is 9.59 Å². The van der Waals surface area contributed by atoms with Crippen molar-refractivity contribution < 1.29 is 14.7 Å². The summed E-state index contributed by atoms with van der Waals surface area (Å²) in [4.78, 5) is 25.9. The van der Waals surface area contributed by atoms with Crippen molar-refractivity contribution in [1.29, 1.82) is 0 Å². The van der Waals surface area contributed by atoms with E-state index in [-0.39, 0.29) is 17.8 Å². The minimum Gasteiger partial charge on any atom is -0.481 e. The molecule has 1 N–H and O–H groups in total. The van der Waals surface area contributed by atoms with Gasteiger partial charge < -0.3 is 10.0 Å². The molecule has 0 aromatic rings. The fraction of sp³-hybridized carbons (Fsp3) is 0.882. The van der Waals surface area contributed by atoms with Crippen LogP contribution in [-0.2, 0) is 9.59 Å². The minimum absolute atomic E-state index is 0.137. The fourth-order valence-corrected chi connectivity index (χ4v) is 4.34. The van der Waals surface area contributed by atoms with Crippen molar-refractivity contribution in [1.82, 2.24) is 4.90 Å². The summed E-state index contributed by atoms with van der Waals surface area (Å²) in [7, 11) is 0. The fourth-order valence-electron chi connectivity index (χ4n) is 4.34. The van der Waals surface area contributed by atoms with Crippen LogP contribution in [0.5, 0.6) is 0 Å². The lowest BCUT2D eigenvalue weighted by Gasteiger charge is -2.39. The Morgan fingerprint density at radius 2 is 1.90 bits per heavy atom. The first kappa shape index (κ1) is 16.3. The lowest BCUT2D eigenvalue weighted by Crippen LogP contribution is -2.48. The molecule has 21 heavy (non-hydrogen) atoms. The van der Waals surface area contributed by atoms with Gasteiger partial charge in [-0.25, -0.2) is 0 Å². The Balaban J connectivity index is 2.04. The highest BCUT2D eigenvalue weighted by Crippen LogP contribution is 2.45. The highest BCUT2D eigenvalue weighted by Gasteiger charge is 2.44. The van der Waals surface area contributed by atoms with E-state index in [2.05, 4.69) is 13.8 Å². The van der Waals surface area contributed by atoms with Crippen LogP contribution in [0.3, 0.4) is 0 Å². The summed E-state index contributed by atoms with van der Waals surface area (Å²) < 4.78 is 0. The maximum atomic E-state index is 13.1. The molecule has 4 heteroatoms. The van der Waals surface area contributed by atoms with Crippen molar-refractivity contribution in [2.45, 2.75) is 65.2 Å². The molecule has 1 saturated heterocycles. The summed E-state index contributed by atoms with van der Waals surface area (Å²) in [6.45, 7) is 5.84. The van der Waals surface area contributed by atoms with Gasteiger partial charge in [-0.2, -0.15) is 0 Å². The number of piperidine rings is 1. The van der Waals surface area contributed by atoms with Crippen molar-refractivity contribution in [3.8, 4) is 0 Å². The first-order valence-corrected chi connectivity index (χ1v) is 8.44. The van der Waals surface area contributed by atoms with Gasteiger partial charge in [-0.15, -0.1) is 0 Å². The molecule has 1 aliphatic carbocycles. The number of likely N-dealkylation sites (tertiary alicyclic amines) is 1. The number of hydrogen-bond donors (Lipinski definition) is 1.